The molecule has 1 saturated heterocycles. The predicted octanol–water partition coefficient (Wildman–Crippen LogP) is 3.18. The van der Waals surface area contributed by atoms with Crippen LogP contribution in [-0.2, 0) is 4.79 Å². The molecule has 1 atom stereocenters. The summed E-state index contributed by atoms with van der Waals surface area (Å²) in [6.07, 6.45) is -0.0184. The molecule has 2 amide bonds. The molecule has 0 bridgehead atoms. The van der Waals surface area contributed by atoms with Crippen LogP contribution in [0.15, 0.2) is 22.7 Å². The summed E-state index contributed by atoms with van der Waals surface area (Å²) in [4.78, 5) is 25.0. The Morgan fingerprint density at radius 1 is 1.52 bits per heavy atom. The van der Waals surface area contributed by atoms with E-state index < -0.39 is 5.97 Å². The highest BCUT2D eigenvalue weighted by atomic mass is 79.9. The first-order valence-corrected chi connectivity index (χ1v) is 8.55. The van der Waals surface area contributed by atoms with Crippen molar-refractivity contribution in [2.75, 3.05) is 23.4 Å². The van der Waals surface area contributed by atoms with E-state index in [-0.39, 0.29) is 18.5 Å². The number of hydrogen-bond acceptors (Lipinski definition) is 3. The number of amides is 2. The van der Waals surface area contributed by atoms with E-state index in [1.54, 1.807) is 16.7 Å². The molecular formula is C14H17BrN2O3S. The van der Waals surface area contributed by atoms with E-state index in [9.17, 15) is 9.59 Å². The van der Waals surface area contributed by atoms with Gasteiger partial charge in [-0.1, -0.05) is 6.07 Å². The molecule has 0 spiro atoms. The summed E-state index contributed by atoms with van der Waals surface area (Å²) in [7, 11) is 0. The van der Waals surface area contributed by atoms with Gasteiger partial charge in [0.25, 0.3) is 0 Å². The summed E-state index contributed by atoms with van der Waals surface area (Å²) in [6.45, 7) is 2.52. The van der Waals surface area contributed by atoms with Crippen molar-refractivity contribution in [2.24, 2.45) is 0 Å². The van der Waals surface area contributed by atoms with Gasteiger partial charge < -0.3 is 15.3 Å². The number of benzene rings is 1. The lowest BCUT2D eigenvalue weighted by Gasteiger charge is -2.34. The fourth-order valence-electron chi connectivity index (χ4n) is 2.21. The minimum absolute atomic E-state index is 0.0184. The number of aryl methyl sites for hydroxylation is 1. The maximum atomic E-state index is 12.4. The summed E-state index contributed by atoms with van der Waals surface area (Å²) in [5.41, 5.74) is 1.75. The molecule has 21 heavy (non-hydrogen) atoms. The molecule has 1 aliphatic rings. The van der Waals surface area contributed by atoms with E-state index in [4.69, 9.17) is 5.11 Å². The Hall–Kier alpha value is -1.21. The monoisotopic (exact) mass is 372 g/mol. The second-order valence-electron chi connectivity index (χ2n) is 4.93. The minimum atomic E-state index is -0.878. The van der Waals surface area contributed by atoms with Crippen LogP contribution < -0.4 is 5.32 Å². The largest absolute Gasteiger partial charge is 0.481 e. The first-order valence-electron chi connectivity index (χ1n) is 6.60. The number of carboxylic acids is 1. The Morgan fingerprint density at radius 3 is 3.00 bits per heavy atom. The van der Waals surface area contributed by atoms with Crippen LogP contribution in [0.1, 0.15) is 12.0 Å². The number of anilines is 1. The highest BCUT2D eigenvalue weighted by Gasteiger charge is 2.29. The summed E-state index contributed by atoms with van der Waals surface area (Å²) in [5.74, 6) is 0.616. The molecule has 2 N–H and O–H groups in total. The highest BCUT2D eigenvalue weighted by Crippen LogP contribution is 2.25. The molecule has 114 valence electrons. The molecular weight excluding hydrogens is 356 g/mol. The van der Waals surface area contributed by atoms with Gasteiger partial charge in [-0.25, -0.2) is 4.79 Å². The van der Waals surface area contributed by atoms with Gasteiger partial charge in [0.1, 0.15) is 0 Å². The molecule has 7 heteroatoms. The number of rotatable bonds is 3. The molecule has 5 nitrogen and oxygen atoms in total. The molecule has 2 rings (SSSR count). The number of carbonyl (C=O) groups excluding carboxylic acids is 1. The second-order valence-corrected chi connectivity index (χ2v) is 6.94. The van der Waals surface area contributed by atoms with Crippen LogP contribution >= 0.6 is 27.7 Å². The molecule has 1 aromatic rings. The lowest BCUT2D eigenvalue weighted by molar-refractivity contribution is -0.137. The van der Waals surface area contributed by atoms with Crippen LogP contribution in [-0.4, -0.2) is 46.1 Å². The number of urea groups is 1. The van der Waals surface area contributed by atoms with Crippen molar-refractivity contribution in [2.45, 2.75) is 19.4 Å². The number of nitrogens with one attached hydrogen (secondary N) is 1. The number of aliphatic carboxylic acids is 1. The molecule has 0 aliphatic carbocycles. The van der Waals surface area contributed by atoms with Crippen molar-refractivity contribution in [3.63, 3.8) is 0 Å². The average molecular weight is 373 g/mol. The van der Waals surface area contributed by atoms with Gasteiger partial charge in [-0.05, 0) is 40.5 Å². The second kappa shape index (κ2) is 7.17. The minimum Gasteiger partial charge on any atom is -0.481 e. The Balaban J connectivity index is 2.10. The van der Waals surface area contributed by atoms with E-state index in [1.165, 1.54) is 0 Å². The van der Waals surface area contributed by atoms with E-state index in [1.807, 2.05) is 25.1 Å². The maximum absolute atomic E-state index is 12.4. The van der Waals surface area contributed by atoms with E-state index in [0.29, 0.717) is 18.0 Å². The van der Waals surface area contributed by atoms with Gasteiger partial charge in [-0.2, -0.15) is 11.8 Å². The van der Waals surface area contributed by atoms with Crippen molar-refractivity contribution in [3.05, 3.63) is 28.2 Å². The average Bonchev–Trinajstić information content (AvgIpc) is 2.42. The Kier molecular flexibility index (Phi) is 5.52. The van der Waals surface area contributed by atoms with Crippen LogP contribution in [0.25, 0.3) is 0 Å². The predicted molar refractivity (Wildman–Crippen MR) is 88.0 cm³/mol. The highest BCUT2D eigenvalue weighted by molar-refractivity contribution is 9.10. The van der Waals surface area contributed by atoms with Gasteiger partial charge in [0.2, 0.25) is 0 Å². The normalized spacial score (nSPS) is 18.4. The van der Waals surface area contributed by atoms with Crippen LogP contribution in [0, 0.1) is 6.92 Å². The molecule has 1 aliphatic heterocycles. The standard InChI is InChI=1S/C14H17BrN2O3S/c1-9-2-3-11(15)12(6-9)16-14(20)17-4-5-21-8-10(17)7-13(18)19/h2-3,6,10H,4-5,7-8H2,1H3,(H,16,20)(H,18,19). The topological polar surface area (TPSA) is 69.6 Å². The molecule has 1 aromatic carbocycles. The number of thioether (sulfide) groups is 1. The molecule has 0 saturated carbocycles. The van der Waals surface area contributed by atoms with Crippen molar-refractivity contribution < 1.29 is 14.7 Å². The zero-order chi connectivity index (χ0) is 15.4. The summed E-state index contributed by atoms with van der Waals surface area (Å²) in [6, 6.07) is 5.21. The Morgan fingerprint density at radius 2 is 2.29 bits per heavy atom. The fraction of sp³-hybridized carbons (Fsp3) is 0.429. The number of carbonyl (C=O) groups is 2. The number of halogens is 1. The number of nitrogens with zero attached hydrogens (tertiary/aromatic N) is 1. The third kappa shape index (κ3) is 4.38. The van der Waals surface area contributed by atoms with Crippen molar-refractivity contribution in [1.29, 1.82) is 0 Å². The third-order valence-corrected chi connectivity index (χ3v) is 5.05. The van der Waals surface area contributed by atoms with Gasteiger partial charge in [-0.15, -0.1) is 0 Å². The molecule has 1 heterocycles. The van der Waals surface area contributed by atoms with Gasteiger partial charge in [0.15, 0.2) is 0 Å². The Bertz CT molecular complexity index is 553. The molecule has 1 fully saturated rings. The van der Waals surface area contributed by atoms with Gasteiger partial charge >= 0.3 is 12.0 Å². The number of carboxylic acid groups (broad SMARTS) is 1. The molecule has 1 unspecified atom stereocenters. The third-order valence-electron chi connectivity index (χ3n) is 3.26. The van der Waals surface area contributed by atoms with E-state index >= 15 is 0 Å². The zero-order valence-electron chi connectivity index (χ0n) is 11.6. The molecule has 0 radical (unpaired) electrons. The SMILES string of the molecule is Cc1ccc(Br)c(NC(=O)N2CCSCC2CC(=O)O)c1. The lowest BCUT2D eigenvalue weighted by Crippen LogP contribution is -2.48. The van der Waals surface area contributed by atoms with Crippen molar-refractivity contribution >= 4 is 45.4 Å². The van der Waals surface area contributed by atoms with Crippen LogP contribution in [0.2, 0.25) is 0 Å². The number of hydrogen-bond donors (Lipinski definition) is 2. The summed E-state index contributed by atoms with van der Waals surface area (Å²) < 4.78 is 0.808. The smallest absolute Gasteiger partial charge is 0.322 e. The fourth-order valence-corrected chi connectivity index (χ4v) is 3.62. The molecule has 0 aromatic heterocycles. The summed E-state index contributed by atoms with van der Waals surface area (Å²) >= 11 is 5.09. The van der Waals surface area contributed by atoms with Gasteiger partial charge in [-0.3, -0.25) is 4.79 Å². The van der Waals surface area contributed by atoms with Crippen LogP contribution in [0.5, 0.6) is 0 Å². The first kappa shape index (κ1) is 16.2. The zero-order valence-corrected chi connectivity index (χ0v) is 14.0. The van der Waals surface area contributed by atoms with Gasteiger partial charge in [0, 0.05) is 22.5 Å². The quantitative estimate of drug-likeness (QED) is 0.854. The van der Waals surface area contributed by atoms with Crippen LogP contribution in [0.4, 0.5) is 10.5 Å². The summed E-state index contributed by atoms with van der Waals surface area (Å²) in [5, 5.41) is 11.8. The van der Waals surface area contributed by atoms with Crippen molar-refractivity contribution in [1.82, 2.24) is 4.90 Å². The van der Waals surface area contributed by atoms with E-state index in [2.05, 4.69) is 21.2 Å². The Labute approximate surface area is 136 Å². The maximum Gasteiger partial charge on any atom is 0.322 e. The first-order chi connectivity index (χ1) is 9.97. The van der Waals surface area contributed by atoms with Crippen LogP contribution in [0.3, 0.4) is 0 Å². The van der Waals surface area contributed by atoms with Gasteiger partial charge in [0.05, 0.1) is 18.2 Å². The van der Waals surface area contributed by atoms with Crippen molar-refractivity contribution in [3.8, 4) is 0 Å². The van der Waals surface area contributed by atoms with E-state index in [0.717, 1.165) is 15.8 Å². The lowest BCUT2D eigenvalue weighted by atomic mass is 10.2.